The van der Waals surface area contributed by atoms with E-state index in [4.69, 9.17) is 0 Å². The van der Waals surface area contributed by atoms with Crippen molar-refractivity contribution in [1.82, 2.24) is 19.9 Å². The molecule has 0 bridgehead atoms. The van der Waals surface area contributed by atoms with Crippen LogP contribution in [0.5, 0.6) is 0 Å². The quantitative estimate of drug-likeness (QED) is 0.607. The zero-order valence-corrected chi connectivity index (χ0v) is 10.8. The molecule has 7 heteroatoms. The molecule has 0 radical (unpaired) electrons. The molecule has 0 atom stereocenters. The van der Waals surface area contributed by atoms with E-state index < -0.39 is 0 Å². The third-order valence-electron chi connectivity index (χ3n) is 2.14. The number of thioether (sulfide) groups is 1. The fourth-order valence-corrected chi connectivity index (χ4v) is 1.67. The van der Waals surface area contributed by atoms with Crippen LogP contribution in [0.15, 0.2) is 39.4 Å². The van der Waals surface area contributed by atoms with Crippen LogP contribution in [0.4, 0.5) is 0 Å². The van der Waals surface area contributed by atoms with Gasteiger partial charge >= 0.3 is 0 Å². The monoisotopic (exact) mass is 261 g/mol. The Balaban J connectivity index is 2.43. The van der Waals surface area contributed by atoms with Gasteiger partial charge in [0.05, 0.1) is 11.9 Å². The summed E-state index contributed by atoms with van der Waals surface area (Å²) in [5.41, 5.74) is 0.707. The number of aromatic nitrogens is 4. The second-order valence-corrected chi connectivity index (χ2v) is 4.16. The summed E-state index contributed by atoms with van der Waals surface area (Å²) >= 11 is 1.31. The minimum absolute atomic E-state index is 0.276. The number of aryl methyl sites for hydroxylation is 1. The first-order chi connectivity index (χ1) is 8.72. The SMILES string of the molecule is CSc1nnc(C)c(=O)n1/N=C\c1ccccn1. The normalized spacial score (nSPS) is 11.0. The lowest BCUT2D eigenvalue weighted by molar-refractivity contribution is 0.635. The van der Waals surface area contributed by atoms with Crippen LogP contribution < -0.4 is 5.56 Å². The summed E-state index contributed by atoms with van der Waals surface area (Å²) < 4.78 is 1.22. The van der Waals surface area contributed by atoms with Crippen LogP contribution in [-0.2, 0) is 0 Å². The highest BCUT2D eigenvalue weighted by Gasteiger charge is 2.06. The number of rotatable bonds is 3. The van der Waals surface area contributed by atoms with Crippen LogP contribution in [0.3, 0.4) is 0 Å². The Bertz CT molecular complexity index is 623. The molecule has 0 unspecified atom stereocenters. The molecule has 0 N–H and O–H groups in total. The summed E-state index contributed by atoms with van der Waals surface area (Å²) in [7, 11) is 0. The molecule has 0 amide bonds. The molecule has 0 aliphatic rings. The van der Waals surface area contributed by atoms with Crippen molar-refractivity contribution in [3.63, 3.8) is 0 Å². The first-order valence-corrected chi connectivity index (χ1v) is 6.40. The van der Waals surface area contributed by atoms with E-state index in [1.165, 1.54) is 22.7 Å². The Morgan fingerprint density at radius 1 is 1.39 bits per heavy atom. The Labute approximate surface area is 108 Å². The van der Waals surface area contributed by atoms with E-state index >= 15 is 0 Å². The van der Waals surface area contributed by atoms with Gasteiger partial charge in [-0.1, -0.05) is 17.8 Å². The highest BCUT2D eigenvalue weighted by Crippen LogP contribution is 2.07. The molecule has 2 aromatic heterocycles. The average molecular weight is 261 g/mol. The zero-order valence-electron chi connectivity index (χ0n) is 9.94. The van der Waals surface area contributed by atoms with Crippen molar-refractivity contribution in [2.45, 2.75) is 12.1 Å². The van der Waals surface area contributed by atoms with E-state index in [0.717, 1.165) is 0 Å². The second-order valence-electron chi connectivity index (χ2n) is 3.39. The van der Waals surface area contributed by atoms with Crippen molar-refractivity contribution in [3.05, 3.63) is 46.1 Å². The molecule has 2 heterocycles. The molecule has 0 fully saturated rings. The number of hydrogen-bond acceptors (Lipinski definition) is 6. The Kier molecular flexibility index (Phi) is 3.83. The van der Waals surface area contributed by atoms with Crippen LogP contribution >= 0.6 is 11.8 Å². The molecule has 0 aromatic carbocycles. The largest absolute Gasteiger partial charge is 0.296 e. The second kappa shape index (κ2) is 5.54. The van der Waals surface area contributed by atoms with Crippen molar-refractivity contribution >= 4 is 18.0 Å². The number of nitrogens with zero attached hydrogens (tertiary/aromatic N) is 5. The van der Waals surface area contributed by atoms with E-state index in [2.05, 4.69) is 20.3 Å². The minimum atomic E-state index is -0.276. The maximum absolute atomic E-state index is 11.9. The molecule has 92 valence electrons. The smallest absolute Gasteiger partial charge is 0.265 e. The standard InChI is InChI=1S/C11H11N5OS/c1-8-10(17)16(11(18-2)15-14-8)13-7-9-5-3-4-6-12-9/h3-7H,1-2H3/b13-7-. The van der Waals surface area contributed by atoms with Gasteiger partial charge in [-0.15, -0.1) is 10.2 Å². The molecular weight excluding hydrogens is 250 g/mol. The summed E-state index contributed by atoms with van der Waals surface area (Å²) in [6.07, 6.45) is 4.99. The minimum Gasteiger partial charge on any atom is -0.265 e. The van der Waals surface area contributed by atoms with Gasteiger partial charge in [0.15, 0.2) is 0 Å². The summed E-state index contributed by atoms with van der Waals surface area (Å²) in [5.74, 6) is 0. The first kappa shape index (κ1) is 12.4. The van der Waals surface area contributed by atoms with Gasteiger partial charge in [-0.2, -0.15) is 9.78 Å². The van der Waals surface area contributed by atoms with Gasteiger partial charge < -0.3 is 0 Å². The van der Waals surface area contributed by atoms with E-state index in [-0.39, 0.29) is 5.56 Å². The molecule has 2 aromatic rings. The predicted octanol–water partition coefficient (Wildman–Crippen LogP) is 0.946. The highest BCUT2D eigenvalue weighted by molar-refractivity contribution is 7.98. The maximum atomic E-state index is 11.9. The molecule has 6 nitrogen and oxygen atoms in total. The lowest BCUT2D eigenvalue weighted by atomic mass is 10.4. The van der Waals surface area contributed by atoms with Crippen LogP contribution in [0.1, 0.15) is 11.4 Å². The van der Waals surface area contributed by atoms with Crippen LogP contribution in [0.2, 0.25) is 0 Å². The number of pyridine rings is 1. The predicted molar refractivity (Wildman–Crippen MR) is 70.0 cm³/mol. The van der Waals surface area contributed by atoms with Crippen LogP contribution in [0.25, 0.3) is 0 Å². The molecule has 0 saturated carbocycles. The Hall–Kier alpha value is -2.02. The molecule has 2 rings (SSSR count). The fourth-order valence-electron chi connectivity index (χ4n) is 1.24. The molecule has 0 saturated heterocycles. The van der Waals surface area contributed by atoms with E-state index in [1.807, 2.05) is 18.4 Å². The van der Waals surface area contributed by atoms with Crippen molar-refractivity contribution in [2.24, 2.45) is 5.10 Å². The third kappa shape index (κ3) is 2.62. The van der Waals surface area contributed by atoms with E-state index in [0.29, 0.717) is 16.5 Å². The van der Waals surface area contributed by atoms with Crippen molar-refractivity contribution in [3.8, 4) is 0 Å². The Morgan fingerprint density at radius 2 is 2.22 bits per heavy atom. The summed E-state index contributed by atoms with van der Waals surface area (Å²) in [5, 5.41) is 12.2. The maximum Gasteiger partial charge on any atom is 0.296 e. The molecule has 0 spiro atoms. The van der Waals surface area contributed by atoms with Crippen molar-refractivity contribution in [2.75, 3.05) is 6.26 Å². The summed E-state index contributed by atoms with van der Waals surface area (Å²) in [6, 6.07) is 5.46. The summed E-state index contributed by atoms with van der Waals surface area (Å²) in [4.78, 5) is 16.0. The lowest BCUT2D eigenvalue weighted by Crippen LogP contribution is -2.23. The number of hydrogen-bond donors (Lipinski definition) is 0. The van der Waals surface area contributed by atoms with Gasteiger partial charge in [0.25, 0.3) is 5.56 Å². The molecule has 18 heavy (non-hydrogen) atoms. The van der Waals surface area contributed by atoms with Gasteiger partial charge in [0.2, 0.25) is 5.16 Å². The van der Waals surface area contributed by atoms with Crippen molar-refractivity contribution in [1.29, 1.82) is 0 Å². The lowest BCUT2D eigenvalue weighted by Gasteiger charge is -2.03. The topological polar surface area (TPSA) is 73.0 Å². The van der Waals surface area contributed by atoms with Gasteiger partial charge in [0.1, 0.15) is 5.69 Å². The van der Waals surface area contributed by atoms with Crippen LogP contribution in [-0.4, -0.2) is 32.3 Å². The summed E-state index contributed by atoms with van der Waals surface area (Å²) in [6.45, 7) is 1.60. The fraction of sp³-hybridized carbons (Fsp3) is 0.182. The van der Waals surface area contributed by atoms with Gasteiger partial charge in [0, 0.05) is 6.20 Å². The molecule has 0 aliphatic heterocycles. The van der Waals surface area contributed by atoms with Crippen molar-refractivity contribution < 1.29 is 0 Å². The Morgan fingerprint density at radius 3 is 2.89 bits per heavy atom. The van der Waals surface area contributed by atoms with Gasteiger partial charge in [-0.05, 0) is 25.3 Å². The highest BCUT2D eigenvalue weighted by atomic mass is 32.2. The molecule has 0 aliphatic carbocycles. The van der Waals surface area contributed by atoms with Gasteiger partial charge in [-0.25, -0.2) is 0 Å². The zero-order chi connectivity index (χ0) is 13.0. The molecular formula is C11H11N5OS. The average Bonchev–Trinajstić information content (AvgIpc) is 2.41. The first-order valence-electron chi connectivity index (χ1n) is 5.18. The van der Waals surface area contributed by atoms with Gasteiger partial charge in [-0.3, -0.25) is 9.78 Å². The van der Waals surface area contributed by atoms with E-state index in [1.54, 1.807) is 19.2 Å². The third-order valence-corrected chi connectivity index (χ3v) is 2.76. The van der Waals surface area contributed by atoms with E-state index in [9.17, 15) is 4.79 Å². The van der Waals surface area contributed by atoms with Crippen LogP contribution in [0, 0.1) is 6.92 Å².